The third-order valence-corrected chi connectivity index (χ3v) is 5.25. The average molecular weight is 411 g/mol. The van der Waals surface area contributed by atoms with E-state index in [-0.39, 0.29) is 17.3 Å². The summed E-state index contributed by atoms with van der Waals surface area (Å²) in [4.78, 5) is 22.4. The summed E-state index contributed by atoms with van der Waals surface area (Å²) in [6.07, 6.45) is 1.66. The number of nitro benzene ring substituents is 1. The molecular weight excluding hydrogens is 390 g/mol. The predicted octanol–water partition coefficient (Wildman–Crippen LogP) is 3.72. The maximum absolute atomic E-state index is 12.2. The summed E-state index contributed by atoms with van der Waals surface area (Å²) in [7, 11) is 0. The first-order chi connectivity index (χ1) is 14.1. The van der Waals surface area contributed by atoms with E-state index in [9.17, 15) is 14.9 Å². The number of aromatic nitrogens is 3. The maximum atomic E-state index is 12.2. The molecule has 0 spiro atoms. The van der Waals surface area contributed by atoms with E-state index in [4.69, 9.17) is 0 Å². The van der Waals surface area contributed by atoms with Crippen LogP contribution in [-0.4, -0.2) is 31.3 Å². The van der Waals surface area contributed by atoms with Crippen LogP contribution in [0.1, 0.15) is 18.3 Å². The molecule has 1 N–H and O–H groups in total. The Morgan fingerprint density at radius 3 is 2.48 bits per heavy atom. The number of hydrogen-bond acceptors (Lipinski definition) is 6. The summed E-state index contributed by atoms with van der Waals surface area (Å²) in [5.74, 6) is 0.864. The second-order valence-electron chi connectivity index (χ2n) is 6.27. The summed E-state index contributed by atoms with van der Waals surface area (Å²) in [6, 6.07) is 15.9. The Morgan fingerprint density at radius 2 is 1.83 bits per heavy atom. The lowest BCUT2D eigenvalue weighted by Gasteiger charge is -2.08. The van der Waals surface area contributed by atoms with Gasteiger partial charge in [0.25, 0.3) is 5.69 Å². The third-order valence-electron chi connectivity index (χ3n) is 4.28. The molecule has 0 aliphatic heterocycles. The number of non-ortho nitro benzene ring substituents is 1. The van der Waals surface area contributed by atoms with Crippen LogP contribution < -0.4 is 5.32 Å². The van der Waals surface area contributed by atoms with Crippen molar-refractivity contribution in [3.8, 4) is 0 Å². The highest BCUT2D eigenvalue weighted by Crippen LogP contribution is 2.20. The number of aryl methyl sites for hydroxylation is 2. The van der Waals surface area contributed by atoms with Gasteiger partial charge in [0.15, 0.2) is 5.16 Å². The van der Waals surface area contributed by atoms with Crippen LogP contribution in [0.15, 0.2) is 59.8 Å². The maximum Gasteiger partial charge on any atom is 0.269 e. The van der Waals surface area contributed by atoms with E-state index in [1.165, 1.54) is 41.6 Å². The molecule has 2 aromatic carbocycles. The lowest BCUT2D eigenvalue weighted by molar-refractivity contribution is -0.384. The predicted molar refractivity (Wildman–Crippen MR) is 112 cm³/mol. The van der Waals surface area contributed by atoms with Crippen LogP contribution in [0.2, 0.25) is 0 Å². The zero-order chi connectivity index (χ0) is 20.6. The van der Waals surface area contributed by atoms with Crippen molar-refractivity contribution in [1.82, 2.24) is 14.8 Å². The van der Waals surface area contributed by atoms with Gasteiger partial charge in [0.05, 0.1) is 10.7 Å². The Labute approximate surface area is 172 Å². The van der Waals surface area contributed by atoms with Gasteiger partial charge in [-0.05, 0) is 31.0 Å². The molecule has 1 amide bonds. The second kappa shape index (κ2) is 9.83. The van der Waals surface area contributed by atoms with Crippen LogP contribution in [0.3, 0.4) is 0 Å². The summed E-state index contributed by atoms with van der Waals surface area (Å²) in [6.45, 7) is 2.75. The molecule has 0 saturated heterocycles. The largest absolute Gasteiger partial charge is 0.325 e. The van der Waals surface area contributed by atoms with Crippen molar-refractivity contribution < 1.29 is 9.72 Å². The van der Waals surface area contributed by atoms with Crippen molar-refractivity contribution in [2.24, 2.45) is 0 Å². The molecule has 0 aliphatic carbocycles. The van der Waals surface area contributed by atoms with Gasteiger partial charge in [-0.25, -0.2) is 0 Å². The molecule has 9 heteroatoms. The Morgan fingerprint density at radius 1 is 1.10 bits per heavy atom. The van der Waals surface area contributed by atoms with E-state index >= 15 is 0 Å². The summed E-state index contributed by atoms with van der Waals surface area (Å²) >= 11 is 1.32. The first-order valence-corrected chi connectivity index (χ1v) is 10.2. The second-order valence-corrected chi connectivity index (χ2v) is 7.21. The molecule has 29 heavy (non-hydrogen) atoms. The van der Waals surface area contributed by atoms with Crippen molar-refractivity contribution >= 4 is 29.0 Å². The number of nitrogens with one attached hydrogen (secondary N) is 1. The van der Waals surface area contributed by atoms with Crippen molar-refractivity contribution in [2.45, 2.75) is 31.5 Å². The molecule has 1 heterocycles. The molecule has 0 radical (unpaired) electrons. The Balaban J connectivity index is 1.55. The average Bonchev–Trinajstić information content (AvgIpc) is 3.13. The van der Waals surface area contributed by atoms with E-state index in [1.807, 2.05) is 29.7 Å². The Kier molecular flexibility index (Phi) is 6.96. The molecule has 0 fully saturated rings. The van der Waals surface area contributed by atoms with Gasteiger partial charge in [0.1, 0.15) is 5.82 Å². The van der Waals surface area contributed by atoms with Crippen LogP contribution in [-0.2, 0) is 24.2 Å². The van der Waals surface area contributed by atoms with Crippen molar-refractivity contribution in [1.29, 1.82) is 0 Å². The van der Waals surface area contributed by atoms with Gasteiger partial charge in [-0.1, -0.05) is 42.1 Å². The number of carbonyl (C=O) groups is 1. The number of carbonyl (C=O) groups excluding carboxylic acids is 1. The number of rotatable bonds is 9. The number of hydrogen-bond donors (Lipinski definition) is 1. The van der Waals surface area contributed by atoms with Crippen LogP contribution in [0.4, 0.5) is 11.4 Å². The lowest BCUT2D eigenvalue weighted by Crippen LogP contribution is -2.14. The molecule has 1 aromatic heterocycles. The number of amides is 1. The number of nitrogens with zero attached hydrogens (tertiary/aromatic N) is 4. The Hall–Kier alpha value is -3.20. The van der Waals surface area contributed by atoms with Crippen molar-refractivity contribution in [2.75, 3.05) is 11.1 Å². The highest BCUT2D eigenvalue weighted by Gasteiger charge is 2.14. The monoisotopic (exact) mass is 411 g/mol. The van der Waals surface area contributed by atoms with Gasteiger partial charge in [-0.2, -0.15) is 0 Å². The van der Waals surface area contributed by atoms with Crippen LogP contribution in [0.25, 0.3) is 0 Å². The lowest BCUT2D eigenvalue weighted by atomic mass is 10.1. The molecule has 150 valence electrons. The number of thioether (sulfide) groups is 1. The van der Waals surface area contributed by atoms with Gasteiger partial charge in [-0.3, -0.25) is 14.9 Å². The normalized spacial score (nSPS) is 10.7. The summed E-state index contributed by atoms with van der Waals surface area (Å²) < 4.78 is 2.02. The van der Waals surface area contributed by atoms with Crippen molar-refractivity contribution in [3.63, 3.8) is 0 Å². The highest BCUT2D eigenvalue weighted by atomic mass is 32.2. The van der Waals surface area contributed by atoms with Crippen LogP contribution in [0, 0.1) is 10.1 Å². The minimum atomic E-state index is -0.478. The van der Waals surface area contributed by atoms with Gasteiger partial charge >= 0.3 is 0 Å². The molecule has 8 nitrogen and oxygen atoms in total. The van der Waals surface area contributed by atoms with E-state index in [2.05, 4.69) is 27.6 Å². The quantitative estimate of drug-likeness (QED) is 0.327. The van der Waals surface area contributed by atoms with Crippen LogP contribution in [0.5, 0.6) is 0 Å². The van der Waals surface area contributed by atoms with E-state index < -0.39 is 4.92 Å². The molecular formula is C20H21N5O3S. The first kappa shape index (κ1) is 20.5. The molecule has 0 bridgehead atoms. The van der Waals surface area contributed by atoms with E-state index in [1.54, 1.807) is 0 Å². The smallest absolute Gasteiger partial charge is 0.269 e. The fourth-order valence-corrected chi connectivity index (χ4v) is 3.64. The number of anilines is 1. The van der Waals surface area contributed by atoms with Gasteiger partial charge < -0.3 is 9.88 Å². The molecule has 0 unspecified atom stereocenters. The molecule has 3 aromatic rings. The zero-order valence-electron chi connectivity index (χ0n) is 15.9. The SMILES string of the molecule is CCn1c(CCc2ccccc2)nnc1SCC(=O)Nc1ccc([N+](=O)[O-])cc1. The summed E-state index contributed by atoms with van der Waals surface area (Å²) in [5.41, 5.74) is 1.74. The topological polar surface area (TPSA) is 103 Å². The van der Waals surface area contributed by atoms with E-state index in [0.717, 1.165) is 25.2 Å². The molecule has 3 rings (SSSR count). The van der Waals surface area contributed by atoms with Crippen LogP contribution >= 0.6 is 11.8 Å². The number of nitro groups is 1. The van der Waals surface area contributed by atoms with Crippen molar-refractivity contribution in [3.05, 3.63) is 76.1 Å². The fraction of sp³-hybridized carbons (Fsp3) is 0.250. The first-order valence-electron chi connectivity index (χ1n) is 9.20. The summed E-state index contributed by atoms with van der Waals surface area (Å²) in [5, 5.41) is 22.6. The third kappa shape index (κ3) is 5.64. The standard InChI is InChI=1S/C20H21N5O3S/c1-2-24-18(13-8-15-6-4-3-5-7-15)22-23-20(24)29-14-19(26)21-16-9-11-17(12-10-16)25(27)28/h3-7,9-12H,2,8,13-14H2,1H3,(H,21,26). The highest BCUT2D eigenvalue weighted by molar-refractivity contribution is 7.99. The van der Waals surface area contributed by atoms with E-state index in [0.29, 0.717) is 10.8 Å². The minimum Gasteiger partial charge on any atom is -0.325 e. The van der Waals surface area contributed by atoms with Gasteiger partial charge in [-0.15, -0.1) is 10.2 Å². The molecule has 0 atom stereocenters. The fourth-order valence-electron chi connectivity index (χ4n) is 2.82. The Bertz CT molecular complexity index is 974. The minimum absolute atomic E-state index is 0.0172. The van der Waals surface area contributed by atoms with Gasteiger partial charge in [0.2, 0.25) is 5.91 Å². The molecule has 0 saturated carbocycles. The molecule has 0 aliphatic rings. The number of benzene rings is 2. The van der Waals surface area contributed by atoms with Gasteiger partial charge in [0, 0.05) is 30.8 Å². The zero-order valence-corrected chi connectivity index (χ0v) is 16.8.